The molecule has 1 amide bonds. The van der Waals surface area contributed by atoms with Gasteiger partial charge in [-0.05, 0) is 113 Å². The van der Waals surface area contributed by atoms with Gasteiger partial charge in [0.05, 0.1) is 18.0 Å². The van der Waals surface area contributed by atoms with Gasteiger partial charge in [-0.3, -0.25) is 14.4 Å². The van der Waals surface area contributed by atoms with Crippen molar-refractivity contribution in [3.63, 3.8) is 0 Å². The summed E-state index contributed by atoms with van der Waals surface area (Å²) in [5.41, 5.74) is -2.53. The van der Waals surface area contributed by atoms with Crippen molar-refractivity contribution in [2.45, 2.75) is 85.5 Å². The van der Waals surface area contributed by atoms with Crippen molar-refractivity contribution >= 4 is 11.9 Å². The van der Waals surface area contributed by atoms with Crippen LogP contribution in [0.2, 0.25) is 0 Å². The summed E-state index contributed by atoms with van der Waals surface area (Å²) in [7, 11) is 3.51. The summed E-state index contributed by atoms with van der Waals surface area (Å²) in [6.45, 7) is 9.78. The number of pyridine rings is 1. The van der Waals surface area contributed by atoms with Crippen LogP contribution in [0, 0.1) is 51.1 Å². The molecule has 0 bridgehead atoms. The van der Waals surface area contributed by atoms with E-state index >= 15 is 8.78 Å². The smallest absolute Gasteiger partial charge is 0.416 e. The molecule has 0 aliphatic rings. The number of aromatic nitrogens is 1. The molecule has 0 fully saturated rings. The van der Waals surface area contributed by atoms with Gasteiger partial charge in [-0.1, -0.05) is 19.9 Å². The Balaban J connectivity index is 2.20. The van der Waals surface area contributed by atoms with Crippen LogP contribution in [0.5, 0.6) is 0 Å². The second kappa shape index (κ2) is 15.6. The highest BCUT2D eigenvalue weighted by Crippen LogP contribution is 2.38. The Morgan fingerprint density at radius 2 is 1.55 bits per heavy atom. The van der Waals surface area contributed by atoms with Crippen molar-refractivity contribution in [2.75, 3.05) is 20.6 Å². The summed E-state index contributed by atoms with van der Waals surface area (Å²) in [5, 5.41) is 12.1. The Labute approximate surface area is 281 Å². The number of amides is 1. The van der Waals surface area contributed by atoms with Gasteiger partial charge in [0.1, 0.15) is 23.5 Å². The number of carboxylic acid groups (broad SMARTS) is 1. The molecule has 0 radical (unpaired) electrons. The lowest BCUT2D eigenvalue weighted by Crippen LogP contribution is -2.41. The molecule has 2 N–H and O–H groups in total. The van der Waals surface area contributed by atoms with E-state index in [4.69, 9.17) is 0 Å². The Bertz CT molecular complexity index is 1780. The summed E-state index contributed by atoms with van der Waals surface area (Å²) >= 11 is 0. The largest absolute Gasteiger partial charge is 0.481 e. The van der Waals surface area contributed by atoms with Crippen molar-refractivity contribution in [1.82, 2.24) is 14.8 Å². The molecule has 0 aliphatic heterocycles. The van der Waals surface area contributed by atoms with Gasteiger partial charge < -0.3 is 19.9 Å². The van der Waals surface area contributed by atoms with Crippen LogP contribution in [0.1, 0.15) is 84.1 Å². The van der Waals surface area contributed by atoms with Crippen molar-refractivity contribution < 1.29 is 41.0 Å². The monoisotopic (exact) mass is 695 g/mol. The normalized spacial score (nSPS) is 13.2. The van der Waals surface area contributed by atoms with E-state index < -0.39 is 70.7 Å². The number of nitrogens with zero attached hydrogens (tertiary/aromatic N) is 2. The summed E-state index contributed by atoms with van der Waals surface area (Å²) in [5.74, 6) is -5.77. The molecule has 268 valence electrons. The van der Waals surface area contributed by atoms with Gasteiger partial charge in [-0.25, -0.2) is 13.2 Å². The average Bonchev–Trinajstić information content (AvgIpc) is 2.97. The minimum absolute atomic E-state index is 0.0636. The Morgan fingerprint density at radius 3 is 2.10 bits per heavy atom. The number of rotatable bonds is 13. The van der Waals surface area contributed by atoms with Crippen LogP contribution in [-0.2, 0) is 22.2 Å². The molecule has 2 unspecified atom stereocenters. The molecular formula is C36H43F6N3O4. The molecule has 1 aromatic heterocycles. The van der Waals surface area contributed by atoms with E-state index in [0.29, 0.717) is 30.2 Å². The zero-order valence-corrected chi connectivity index (χ0v) is 28.9. The number of carbonyl (C=O) groups is 2. The first-order chi connectivity index (χ1) is 22.6. The second-order valence-corrected chi connectivity index (χ2v) is 13.3. The quantitative estimate of drug-likeness (QED) is 0.180. The minimum atomic E-state index is -4.84. The third-order valence-electron chi connectivity index (χ3n) is 8.46. The molecule has 1 heterocycles. The van der Waals surface area contributed by atoms with Gasteiger partial charge in [0.15, 0.2) is 0 Å². The fourth-order valence-corrected chi connectivity index (χ4v) is 6.21. The van der Waals surface area contributed by atoms with E-state index in [0.717, 1.165) is 10.8 Å². The summed E-state index contributed by atoms with van der Waals surface area (Å²) in [6.07, 6.45) is -4.65. The van der Waals surface area contributed by atoms with Crippen LogP contribution in [0.4, 0.5) is 26.3 Å². The molecule has 0 aliphatic carbocycles. The maximum absolute atomic E-state index is 16.5. The third-order valence-corrected chi connectivity index (χ3v) is 8.46. The summed E-state index contributed by atoms with van der Waals surface area (Å²) in [4.78, 5) is 40.9. The first-order valence-corrected chi connectivity index (χ1v) is 15.9. The van der Waals surface area contributed by atoms with E-state index in [9.17, 15) is 37.1 Å². The van der Waals surface area contributed by atoms with E-state index in [-0.39, 0.29) is 46.6 Å². The Kier molecular flexibility index (Phi) is 12.5. The number of carbonyl (C=O) groups excluding carboxylic acids is 1. The molecule has 0 spiro atoms. The molecule has 3 aromatic rings. The van der Waals surface area contributed by atoms with Crippen LogP contribution in [0.25, 0.3) is 11.1 Å². The number of aliphatic carboxylic acids is 1. The minimum Gasteiger partial charge on any atom is -0.481 e. The predicted molar refractivity (Wildman–Crippen MR) is 175 cm³/mol. The number of hydrogen-bond donors (Lipinski definition) is 2. The highest BCUT2D eigenvalue weighted by molar-refractivity contribution is 5.82. The predicted octanol–water partition coefficient (Wildman–Crippen LogP) is 7.60. The highest BCUT2D eigenvalue weighted by Gasteiger charge is 2.36. The van der Waals surface area contributed by atoms with Gasteiger partial charge in [0.25, 0.3) is 5.56 Å². The first kappa shape index (κ1) is 39.3. The standard InChI is InChI=1S/C36H43F6N3O4/c1-18(2)12-27(45-17-23(10-9-11-44(7)8)25(15-28(45)46)36(40,41)42)35(49)43-26(16-29(47)48)31-33(38)21(5)14-24(34(31)39)30-19(3)13-20(4)32(37)22(30)6/h13-15,17-18,26-27H,9-12,16H2,1-8H3,(H,43,49)(H,47,48). The van der Waals surface area contributed by atoms with Gasteiger partial charge >= 0.3 is 12.1 Å². The number of benzene rings is 2. The zero-order chi connectivity index (χ0) is 37.1. The molecule has 7 nitrogen and oxygen atoms in total. The number of alkyl halides is 3. The van der Waals surface area contributed by atoms with Crippen molar-refractivity contribution in [3.8, 4) is 11.1 Å². The van der Waals surface area contributed by atoms with Gasteiger partial charge in [0.2, 0.25) is 5.91 Å². The fourth-order valence-electron chi connectivity index (χ4n) is 6.21. The molecular weight excluding hydrogens is 652 g/mol. The summed E-state index contributed by atoms with van der Waals surface area (Å²) in [6, 6.07) is -0.153. The third kappa shape index (κ3) is 9.11. The van der Waals surface area contributed by atoms with Crippen LogP contribution in [0.15, 0.2) is 29.2 Å². The van der Waals surface area contributed by atoms with E-state index in [1.807, 2.05) is 0 Å². The number of hydrogen-bond acceptors (Lipinski definition) is 4. The van der Waals surface area contributed by atoms with Crippen molar-refractivity contribution in [1.29, 1.82) is 0 Å². The Hall–Kier alpha value is -4.13. The van der Waals surface area contributed by atoms with Gasteiger partial charge in [-0.2, -0.15) is 13.2 Å². The number of halogens is 6. The Morgan fingerprint density at radius 1 is 0.939 bits per heavy atom. The summed E-state index contributed by atoms with van der Waals surface area (Å²) < 4.78 is 90.0. The van der Waals surface area contributed by atoms with Gasteiger partial charge in [0, 0.05) is 23.4 Å². The lowest BCUT2D eigenvalue weighted by atomic mass is 9.88. The lowest BCUT2D eigenvalue weighted by Gasteiger charge is -2.27. The maximum atomic E-state index is 16.5. The number of aryl methyl sites for hydroxylation is 4. The maximum Gasteiger partial charge on any atom is 0.416 e. The molecule has 2 atom stereocenters. The molecule has 0 saturated carbocycles. The van der Waals surface area contributed by atoms with Gasteiger partial charge in [-0.15, -0.1) is 0 Å². The van der Waals surface area contributed by atoms with E-state index in [1.54, 1.807) is 39.8 Å². The topological polar surface area (TPSA) is 91.6 Å². The molecule has 2 aromatic carbocycles. The lowest BCUT2D eigenvalue weighted by molar-refractivity contribution is -0.139. The second-order valence-electron chi connectivity index (χ2n) is 13.3. The average molecular weight is 696 g/mol. The SMILES string of the molecule is Cc1cc(C)c(-c2cc(C)c(F)c(C(CC(=O)O)NC(=O)C(CC(C)C)n3cc(CCCN(C)C)c(C(F)(F)F)cc3=O)c2F)c(C)c1F. The highest BCUT2D eigenvalue weighted by atomic mass is 19.4. The van der Waals surface area contributed by atoms with Crippen molar-refractivity contribution in [2.24, 2.45) is 5.92 Å². The molecule has 13 heteroatoms. The molecule has 0 saturated heterocycles. The number of nitrogens with one attached hydrogen (secondary N) is 1. The van der Waals surface area contributed by atoms with E-state index in [2.05, 4.69) is 5.32 Å². The zero-order valence-electron chi connectivity index (χ0n) is 28.9. The number of carboxylic acids is 1. The van der Waals surface area contributed by atoms with Crippen LogP contribution >= 0.6 is 0 Å². The first-order valence-electron chi connectivity index (χ1n) is 15.9. The fraction of sp³-hybridized carbons (Fsp3) is 0.472. The van der Waals surface area contributed by atoms with E-state index in [1.165, 1.54) is 32.9 Å². The van der Waals surface area contributed by atoms with Crippen LogP contribution in [-0.4, -0.2) is 47.1 Å². The molecule has 3 rings (SSSR count). The van der Waals surface area contributed by atoms with Crippen molar-refractivity contribution in [3.05, 3.63) is 91.1 Å². The van der Waals surface area contributed by atoms with Crippen LogP contribution < -0.4 is 10.9 Å². The van der Waals surface area contributed by atoms with Crippen LogP contribution in [0.3, 0.4) is 0 Å². The molecule has 49 heavy (non-hydrogen) atoms.